The molecule has 22 nitrogen and oxygen atoms in total. The predicted molar refractivity (Wildman–Crippen MR) is 272 cm³/mol. The van der Waals surface area contributed by atoms with Crippen LogP contribution in [-0.2, 0) is 54.4 Å². The summed E-state index contributed by atoms with van der Waals surface area (Å²) in [6.07, 6.45) is -0.710. The maximum absolute atomic E-state index is 14.6. The number of hydrogen-bond acceptors (Lipinski definition) is 12. The van der Waals surface area contributed by atoms with Gasteiger partial charge in [0.05, 0.1) is 25.8 Å². The number of likely N-dealkylation sites (N-methyl/N-ethyl adjacent to an activating group) is 3. The van der Waals surface area contributed by atoms with Gasteiger partial charge < -0.3 is 62.1 Å². The molecule has 0 spiro atoms. The molecule has 73 heavy (non-hydrogen) atoms. The van der Waals surface area contributed by atoms with Gasteiger partial charge in [0.1, 0.15) is 48.3 Å². The van der Waals surface area contributed by atoms with Crippen molar-refractivity contribution in [2.75, 3.05) is 40.8 Å². The average Bonchev–Trinajstić information content (AvgIpc) is 3.33. The highest BCUT2D eigenvalue weighted by Crippen LogP contribution is 2.19. The van der Waals surface area contributed by atoms with Crippen molar-refractivity contribution in [3.8, 4) is 0 Å². The van der Waals surface area contributed by atoms with Gasteiger partial charge in [0, 0.05) is 27.6 Å². The third-order valence-electron chi connectivity index (χ3n) is 13.4. The Balaban J connectivity index is 2.78. The molecule has 1 aliphatic heterocycles. The van der Waals surface area contributed by atoms with E-state index in [2.05, 4.69) is 37.2 Å². The molecule has 0 aromatic heterocycles. The highest BCUT2D eigenvalue weighted by atomic mass is 16.3. The summed E-state index contributed by atoms with van der Waals surface area (Å²) in [7, 11) is 4.01. The summed E-state index contributed by atoms with van der Waals surface area (Å²) in [5.41, 5.74) is 0.652. The van der Waals surface area contributed by atoms with Gasteiger partial charge in [0.2, 0.25) is 59.1 Å². The van der Waals surface area contributed by atoms with Crippen LogP contribution in [0.4, 0.5) is 0 Å². The van der Waals surface area contributed by atoms with Gasteiger partial charge in [-0.1, -0.05) is 112 Å². The van der Waals surface area contributed by atoms with Crippen molar-refractivity contribution < 1.29 is 58.2 Å². The fourth-order valence-electron chi connectivity index (χ4n) is 8.57. The number of carbonyl (C=O) groups excluding carboxylic acids is 10. The summed E-state index contributed by atoms with van der Waals surface area (Å²) < 4.78 is 0. The van der Waals surface area contributed by atoms with Crippen LogP contribution in [0.5, 0.6) is 0 Å². The molecule has 0 saturated carbocycles. The number of benzene rings is 1. The molecule has 11 atom stereocenters. The summed E-state index contributed by atoms with van der Waals surface area (Å²) in [5, 5.41) is 39.6. The lowest BCUT2D eigenvalue weighted by atomic mass is 9.95. The zero-order valence-electron chi connectivity index (χ0n) is 45.2. The second-order valence-corrected chi connectivity index (χ2v) is 20.4. The highest BCUT2D eigenvalue weighted by molar-refractivity contribution is 5.99. The normalized spacial score (nSPS) is 26.3. The Bertz CT molecular complexity index is 2070. The minimum Gasteiger partial charge on any atom is -0.394 e. The average molecular weight is 1030 g/mol. The maximum atomic E-state index is 14.6. The number of rotatable bonds is 12. The number of aliphatic hydroxyl groups excluding tert-OH is 2. The Labute approximate surface area is 430 Å². The zero-order valence-corrected chi connectivity index (χ0v) is 45.2. The van der Waals surface area contributed by atoms with Crippen molar-refractivity contribution in [1.29, 1.82) is 0 Å². The van der Waals surface area contributed by atoms with E-state index in [1.165, 1.54) is 28.1 Å². The van der Waals surface area contributed by atoms with Crippen LogP contribution in [0.15, 0.2) is 30.3 Å². The number of carbonyl (C=O) groups is 10. The molecule has 1 heterocycles. The van der Waals surface area contributed by atoms with Crippen molar-refractivity contribution in [2.24, 2.45) is 29.6 Å². The van der Waals surface area contributed by atoms with Crippen molar-refractivity contribution in [1.82, 2.24) is 51.9 Å². The Morgan fingerprint density at radius 2 is 1.04 bits per heavy atom. The fraction of sp³-hybridized carbons (Fsp3) is 0.686. The Morgan fingerprint density at radius 1 is 0.534 bits per heavy atom. The third kappa shape index (κ3) is 18.1. The molecule has 1 aromatic carbocycles. The summed E-state index contributed by atoms with van der Waals surface area (Å²) in [5.74, 6) is -10.3. The van der Waals surface area contributed by atoms with Crippen molar-refractivity contribution in [3.63, 3.8) is 0 Å². The lowest BCUT2D eigenvalue weighted by molar-refractivity contribution is -0.148. The number of amides is 10. The Hall–Kier alpha value is -6.16. The van der Waals surface area contributed by atoms with E-state index < -0.39 is 157 Å². The Kier molecular flexibility index (Phi) is 25.5. The summed E-state index contributed by atoms with van der Waals surface area (Å²) >= 11 is 0. The van der Waals surface area contributed by atoms with Gasteiger partial charge in [0.15, 0.2) is 0 Å². The molecule has 1 saturated heterocycles. The van der Waals surface area contributed by atoms with Crippen LogP contribution in [0.25, 0.3) is 0 Å². The number of nitrogens with zero attached hydrogens (tertiary/aromatic N) is 3. The van der Waals surface area contributed by atoms with Gasteiger partial charge in [-0.05, 0) is 48.5 Å². The monoisotopic (exact) mass is 1030 g/mol. The van der Waals surface area contributed by atoms with Gasteiger partial charge in [0.25, 0.3) is 0 Å². The second-order valence-electron chi connectivity index (χ2n) is 20.4. The van der Waals surface area contributed by atoms with E-state index in [0.717, 1.165) is 14.7 Å². The lowest BCUT2D eigenvalue weighted by Gasteiger charge is -2.36. The molecule has 1 aliphatic rings. The molecule has 1 fully saturated rings. The van der Waals surface area contributed by atoms with Gasteiger partial charge in [-0.25, -0.2) is 0 Å². The fourth-order valence-corrected chi connectivity index (χ4v) is 8.57. The van der Waals surface area contributed by atoms with E-state index in [4.69, 9.17) is 0 Å². The molecule has 410 valence electrons. The maximum Gasteiger partial charge on any atom is 0.246 e. The molecule has 10 amide bonds. The topological polar surface area (TPSA) is 305 Å². The number of nitrogens with one attached hydrogen (secondary N) is 7. The first-order valence-electron chi connectivity index (χ1n) is 25.3. The number of aliphatic hydroxyl groups is 2. The minimum absolute atomic E-state index is 0.0295. The standard InChI is InChI=1S/C51H84N10O12/c1-15-30(9)40-46(68)55-35(26-62)44(66)57-39(28(5)6)50(72)60(13)42(29(7)8)47(69)53-24-37(64)54-34(22-27(3)4)49(71)61(14)43(32(11)63)48(70)58-41(31(10)16-2)51(73)59(12)36(23-33-20-18-17-19-21-33)45(67)52-25-38(65)56-40/h17-21,27-32,34-36,39-43,62-63H,15-16,22-26H2,1-14H3,(H,52,67)(H,53,69)(H,54,64)(H,55,68)(H,56,65)(H,57,66)(H,58,70)/t30?,31?,32?,34-,35-,36-,39-,40-,41-,42-,43-/m0/s1. The summed E-state index contributed by atoms with van der Waals surface area (Å²) in [6.45, 7) is 16.3. The van der Waals surface area contributed by atoms with Crippen LogP contribution in [0.3, 0.4) is 0 Å². The van der Waals surface area contributed by atoms with Crippen LogP contribution in [0, 0.1) is 29.6 Å². The SMILES string of the molecule is CCC(C)[C@@H]1NC(=O)CNC(=O)[C@H](Cc2ccccc2)N(C)C(=O)[C@H](C(C)CC)NC(=O)[C@H](C(C)O)N(C)C(=O)[C@H](CC(C)C)NC(=O)CNC(=O)[C@H](C(C)C)N(C)C(=O)[C@H](C(C)C)NC(=O)[C@H](CO)NC1=O. The van der Waals surface area contributed by atoms with Crippen LogP contribution in [0.1, 0.15) is 101 Å². The van der Waals surface area contributed by atoms with E-state index in [0.29, 0.717) is 18.4 Å². The third-order valence-corrected chi connectivity index (χ3v) is 13.4. The van der Waals surface area contributed by atoms with Gasteiger partial charge in [-0.15, -0.1) is 0 Å². The van der Waals surface area contributed by atoms with Crippen molar-refractivity contribution in [2.45, 2.75) is 156 Å². The molecule has 2 rings (SSSR count). The van der Waals surface area contributed by atoms with Gasteiger partial charge in [-0.3, -0.25) is 47.9 Å². The molecule has 9 N–H and O–H groups in total. The van der Waals surface area contributed by atoms with E-state index in [9.17, 15) is 58.2 Å². The van der Waals surface area contributed by atoms with Gasteiger partial charge in [-0.2, -0.15) is 0 Å². The smallest absolute Gasteiger partial charge is 0.246 e. The first-order chi connectivity index (χ1) is 34.1. The molecule has 3 unspecified atom stereocenters. The first kappa shape index (κ1) is 63.0. The van der Waals surface area contributed by atoms with Crippen LogP contribution in [0.2, 0.25) is 0 Å². The Morgan fingerprint density at radius 3 is 1.55 bits per heavy atom. The van der Waals surface area contributed by atoms with Crippen LogP contribution in [-0.4, -0.2) is 179 Å². The second kappa shape index (κ2) is 29.5. The highest BCUT2D eigenvalue weighted by Gasteiger charge is 2.41. The van der Waals surface area contributed by atoms with Crippen molar-refractivity contribution in [3.05, 3.63) is 35.9 Å². The molecular weight excluding hydrogens is 945 g/mol. The molecule has 0 aliphatic carbocycles. The quantitative estimate of drug-likeness (QED) is 0.124. The molecule has 22 heteroatoms. The van der Waals surface area contributed by atoms with E-state index in [-0.39, 0.29) is 18.8 Å². The van der Waals surface area contributed by atoms with E-state index >= 15 is 0 Å². The zero-order chi connectivity index (χ0) is 55.6. The van der Waals surface area contributed by atoms with Gasteiger partial charge >= 0.3 is 0 Å². The molecule has 0 radical (unpaired) electrons. The van der Waals surface area contributed by atoms with Crippen molar-refractivity contribution >= 4 is 59.1 Å². The summed E-state index contributed by atoms with van der Waals surface area (Å²) in [4.78, 5) is 143. The largest absolute Gasteiger partial charge is 0.394 e. The molecule has 1 aromatic rings. The predicted octanol–water partition coefficient (Wildman–Crippen LogP) is -0.797. The molecule has 0 bridgehead atoms. The van der Waals surface area contributed by atoms with E-state index in [1.54, 1.807) is 99.6 Å². The number of hydrogen-bond donors (Lipinski definition) is 9. The van der Waals surface area contributed by atoms with Crippen LogP contribution >= 0.6 is 0 Å². The van der Waals surface area contributed by atoms with E-state index in [1.807, 2.05) is 0 Å². The summed E-state index contributed by atoms with van der Waals surface area (Å²) in [6, 6.07) is -1.96. The van der Waals surface area contributed by atoms with Crippen LogP contribution < -0.4 is 37.2 Å². The lowest BCUT2D eigenvalue weighted by Crippen LogP contribution is -2.63. The first-order valence-corrected chi connectivity index (χ1v) is 25.3. The molecular formula is C51H84N10O12. The minimum atomic E-state index is -1.60.